The number of methoxy groups -OCH3 is 1. The maximum atomic E-state index is 11.3. The first-order valence-corrected chi connectivity index (χ1v) is 5.21. The maximum absolute atomic E-state index is 11.3. The predicted octanol–water partition coefficient (Wildman–Crippen LogP) is 1.88. The summed E-state index contributed by atoms with van der Waals surface area (Å²) < 4.78 is 10.1. The van der Waals surface area contributed by atoms with Crippen LogP contribution in [-0.2, 0) is 14.3 Å². The molecule has 0 aromatic rings. The molecule has 0 N–H and O–H groups in total. The molecule has 1 heterocycles. The minimum Gasteiger partial charge on any atom is -0.434 e. The van der Waals surface area contributed by atoms with Gasteiger partial charge in [-0.2, -0.15) is 0 Å². The van der Waals surface area contributed by atoms with Crippen LogP contribution in [0.15, 0.2) is 12.3 Å². The van der Waals surface area contributed by atoms with Gasteiger partial charge in [-0.1, -0.05) is 0 Å². The second-order valence-corrected chi connectivity index (χ2v) is 4.06. The fourth-order valence-electron chi connectivity index (χ4n) is 2.38. The Labute approximate surface area is 84.1 Å². The van der Waals surface area contributed by atoms with Crippen molar-refractivity contribution in [1.29, 1.82) is 0 Å². The molecule has 0 aromatic heterocycles. The van der Waals surface area contributed by atoms with Gasteiger partial charge in [-0.25, -0.2) is 0 Å². The smallest absolute Gasteiger partial charge is 0.317 e. The highest BCUT2D eigenvalue weighted by atomic mass is 16.5. The summed E-state index contributed by atoms with van der Waals surface area (Å²) in [5.74, 6) is 0.395. The molecule has 2 rings (SSSR count). The molecule has 3 nitrogen and oxygen atoms in total. The van der Waals surface area contributed by atoms with Crippen LogP contribution in [0.3, 0.4) is 0 Å². The van der Waals surface area contributed by atoms with Crippen LogP contribution >= 0.6 is 0 Å². The fraction of sp³-hybridized carbons (Fsp3) is 0.727. The quantitative estimate of drug-likeness (QED) is 0.632. The molecule has 1 saturated carbocycles. The van der Waals surface area contributed by atoms with E-state index in [1.54, 1.807) is 7.11 Å². The molecule has 0 aromatic carbocycles. The third-order valence-corrected chi connectivity index (χ3v) is 3.30. The van der Waals surface area contributed by atoms with Crippen LogP contribution in [0.5, 0.6) is 0 Å². The van der Waals surface area contributed by atoms with Gasteiger partial charge in [0.1, 0.15) is 0 Å². The molecule has 0 spiro atoms. The lowest BCUT2D eigenvalue weighted by Gasteiger charge is -2.29. The van der Waals surface area contributed by atoms with Gasteiger partial charge < -0.3 is 9.47 Å². The molecule has 78 valence electrons. The molecular formula is C11H16O3. The van der Waals surface area contributed by atoms with Gasteiger partial charge in [0.15, 0.2) is 0 Å². The number of cyclic esters (lactones) is 1. The topological polar surface area (TPSA) is 35.5 Å². The molecule has 1 unspecified atom stereocenters. The van der Waals surface area contributed by atoms with Crippen LogP contribution in [0.25, 0.3) is 0 Å². The number of esters is 1. The molecule has 3 heteroatoms. The molecule has 0 radical (unpaired) electrons. The average molecular weight is 196 g/mol. The van der Waals surface area contributed by atoms with Crippen molar-refractivity contribution < 1.29 is 14.3 Å². The zero-order valence-corrected chi connectivity index (χ0v) is 8.44. The van der Waals surface area contributed by atoms with E-state index in [4.69, 9.17) is 9.47 Å². The minimum absolute atomic E-state index is 0.00723. The Bertz CT molecular complexity index is 239. The van der Waals surface area contributed by atoms with Crippen LogP contribution < -0.4 is 0 Å². The summed E-state index contributed by atoms with van der Waals surface area (Å²) in [5.41, 5.74) is 0. The Morgan fingerprint density at radius 3 is 2.57 bits per heavy atom. The molecule has 1 aliphatic carbocycles. The van der Waals surface area contributed by atoms with Crippen molar-refractivity contribution in [2.75, 3.05) is 7.11 Å². The lowest BCUT2D eigenvalue weighted by atomic mass is 9.79. The van der Waals surface area contributed by atoms with Crippen LogP contribution in [0.4, 0.5) is 0 Å². The summed E-state index contributed by atoms with van der Waals surface area (Å²) in [6, 6.07) is 0. The molecule has 1 aliphatic heterocycles. The molecule has 1 fully saturated rings. The van der Waals surface area contributed by atoms with Crippen LogP contribution in [0.2, 0.25) is 0 Å². The first-order chi connectivity index (χ1) is 6.81. The third kappa shape index (κ3) is 1.82. The normalized spacial score (nSPS) is 37.2. The van der Waals surface area contributed by atoms with Crippen LogP contribution in [-0.4, -0.2) is 19.2 Å². The monoisotopic (exact) mass is 196 g/mol. The highest BCUT2D eigenvalue weighted by Crippen LogP contribution is 2.34. The van der Waals surface area contributed by atoms with Crippen molar-refractivity contribution in [3.63, 3.8) is 0 Å². The summed E-state index contributed by atoms with van der Waals surface area (Å²) in [6.07, 6.45) is 8.09. The second-order valence-electron chi connectivity index (χ2n) is 4.06. The van der Waals surface area contributed by atoms with Crippen molar-refractivity contribution in [3.8, 4) is 0 Å². The van der Waals surface area contributed by atoms with Crippen molar-refractivity contribution in [2.24, 2.45) is 11.8 Å². The van der Waals surface area contributed by atoms with E-state index in [9.17, 15) is 4.79 Å². The number of hydrogen-bond donors (Lipinski definition) is 0. The molecule has 14 heavy (non-hydrogen) atoms. The summed E-state index contributed by atoms with van der Waals surface area (Å²) in [4.78, 5) is 11.3. The lowest BCUT2D eigenvalue weighted by Crippen LogP contribution is -2.27. The number of carbonyl (C=O) groups is 1. The summed E-state index contributed by atoms with van der Waals surface area (Å²) in [5, 5.41) is 0. The van der Waals surface area contributed by atoms with Crippen LogP contribution in [0.1, 0.15) is 25.7 Å². The molecule has 0 amide bonds. The molecule has 1 atom stereocenters. The number of carbonyl (C=O) groups excluding carboxylic acids is 1. The average Bonchev–Trinajstić information content (AvgIpc) is 2.65. The van der Waals surface area contributed by atoms with Gasteiger partial charge in [-0.05, 0) is 37.7 Å². The van der Waals surface area contributed by atoms with E-state index >= 15 is 0 Å². The Hall–Kier alpha value is -0.830. The van der Waals surface area contributed by atoms with E-state index < -0.39 is 0 Å². The van der Waals surface area contributed by atoms with Gasteiger partial charge in [0.25, 0.3) is 0 Å². The zero-order valence-electron chi connectivity index (χ0n) is 8.44. The van der Waals surface area contributed by atoms with Gasteiger partial charge in [-0.15, -0.1) is 0 Å². The third-order valence-electron chi connectivity index (χ3n) is 3.30. The SMILES string of the molecule is COC1CCC(C2C=COC2=O)CC1. The van der Waals surface area contributed by atoms with Gasteiger partial charge in [0, 0.05) is 7.11 Å². The van der Waals surface area contributed by atoms with Gasteiger partial charge in [0.2, 0.25) is 0 Å². The van der Waals surface area contributed by atoms with E-state index in [0.717, 1.165) is 25.7 Å². The first-order valence-electron chi connectivity index (χ1n) is 5.21. The Morgan fingerprint density at radius 1 is 1.36 bits per heavy atom. The summed E-state index contributed by atoms with van der Waals surface area (Å²) in [7, 11) is 1.76. The van der Waals surface area contributed by atoms with Gasteiger partial charge in [-0.3, -0.25) is 4.79 Å². The maximum Gasteiger partial charge on any atom is 0.317 e. The second kappa shape index (κ2) is 4.13. The van der Waals surface area contributed by atoms with E-state index in [0.29, 0.717) is 12.0 Å². The van der Waals surface area contributed by atoms with E-state index in [2.05, 4.69) is 0 Å². The predicted molar refractivity (Wildman–Crippen MR) is 51.5 cm³/mol. The highest BCUT2D eigenvalue weighted by Gasteiger charge is 2.33. The molecular weight excluding hydrogens is 180 g/mol. The Balaban J connectivity index is 1.88. The standard InChI is InChI=1S/C11H16O3/c1-13-9-4-2-8(3-5-9)10-6-7-14-11(10)12/h6-10H,2-5H2,1H3. The number of hydrogen-bond acceptors (Lipinski definition) is 3. The number of rotatable bonds is 2. The molecule has 0 bridgehead atoms. The van der Waals surface area contributed by atoms with E-state index in [1.165, 1.54) is 6.26 Å². The zero-order chi connectivity index (χ0) is 9.97. The molecule has 0 saturated heterocycles. The van der Waals surface area contributed by atoms with Crippen molar-refractivity contribution in [1.82, 2.24) is 0 Å². The van der Waals surface area contributed by atoms with Gasteiger partial charge >= 0.3 is 5.97 Å². The Kier molecular flexibility index (Phi) is 2.87. The van der Waals surface area contributed by atoms with Crippen molar-refractivity contribution in [3.05, 3.63) is 12.3 Å². The Morgan fingerprint density at radius 2 is 2.07 bits per heavy atom. The first kappa shape index (κ1) is 9.71. The lowest BCUT2D eigenvalue weighted by molar-refractivity contribution is -0.141. The van der Waals surface area contributed by atoms with Crippen LogP contribution in [0, 0.1) is 11.8 Å². The summed E-state index contributed by atoms with van der Waals surface area (Å²) in [6.45, 7) is 0. The fourth-order valence-corrected chi connectivity index (χ4v) is 2.38. The van der Waals surface area contributed by atoms with Gasteiger partial charge in [0.05, 0.1) is 18.3 Å². The largest absolute Gasteiger partial charge is 0.434 e. The van der Waals surface area contributed by atoms with E-state index in [-0.39, 0.29) is 11.9 Å². The van der Waals surface area contributed by atoms with Crippen molar-refractivity contribution in [2.45, 2.75) is 31.8 Å². The number of ether oxygens (including phenoxy) is 2. The van der Waals surface area contributed by atoms with E-state index in [1.807, 2.05) is 6.08 Å². The highest BCUT2D eigenvalue weighted by molar-refractivity contribution is 5.77. The minimum atomic E-state index is -0.0779. The summed E-state index contributed by atoms with van der Waals surface area (Å²) >= 11 is 0. The molecule has 2 aliphatic rings. The van der Waals surface area contributed by atoms with Crippen molar-refractivity contribution >= 4 is 5.97 Å².